The molecule has 2 aromatic carbocycles. The van der Waals surface area contributed by atoms with E-state index in [1.807, 2.05) is 0 Å². The van der Waals surface area contributed by atoms with Crippen molar-refractivity contribution in [1.29, 1.82) is 0 Å². The normalized spacial score (nSPS) is 15.1. The lowest BCUT2D eigenvalue weighted by Gasteiger charge is -2.34. The lowest BCUT2D eigenvalue weighted by Crippen LogP contribution is -2.50. The fourth-order valence-electron chi connectivity index (χ4n) is 2.94. The molecule has 0 aromatic heterocycles. The minimum Gasteiger partial charge on any atom is -0.484 e. The summed E-state index contributed by atoms with van der Waals surface area (Å²) in [4.78, 5) is 25.3. The lowest BCUT2D eigenvalue weighted by molar-refractivity contribution is -0.119. The molecule has 0 atom stereocenters. The van der Waals surface area contributed by atoms with E-state index in [9.17, 15) is 18.0 Å². The van der Waals surface area contributed by atoms with Crippen molar-refractivity contribution in [3.63, 3.8) is 0 Å². The molecule has 2 N–H and O–H groups in total. The number of benzene rings is 2. The summed E-state index contributed by atoms with van der Waals surface area (Å²) in [5, 5.41) is 0. The van der Waals surface area contributed by atoms with Crippen molar-refractivity contribution in [1.82, 2.24) is 9.21 Å². The van der Waals surface area contributed by atoms with Gasteiger partial charge in [0.1, 0.15) is 5.75 Å². The first-order valence-electron chi connectivity index (χ1n) is 8.83. The second-order valence-electron chi connectivity index (χ2n) is 6.43. The molecule has 0 aliphatic carbocycles. The summed E-state index contributed by atoms with van der Waals surface area (Å²) in [6.45, 7) is 0.806. The first-order valence-corrected chi connectivity index (χ1v) is 11.1. The standard InChI is InChI=1S/C19H20BrN3O5S/c20-15-2-1-3-17(12-15)29(26,27)23-10-8-22(9-11-23)19(25)14-4-6-16(7-5-14)28-13-18(21)24/h1-7,12H,8-11,13H2,(H2,21,24). The van der Waals surface area contributed by atoms with E-state index in [2.05, 4.69) is 15.9 Å². The Bertz CT molecular complexity index is 1000. The summed E-state index contributed by atoms with van der Waals surface area (Å²) in [5.74, 6) is -0.336. The predicted molar refractivity (Wildman–Crippen MR) is 110 cm³/mol. The van der Waals surface area contributed by atoms with Gasteiger partial charge in [-0.25, -0.2) is 8.42 Å². The maximum absolute atomic E-state index is 12.8. The van der Waals surface area contributed by atoms with E-state index in [1.165, 1.54) is 4.31 Å². The summed E-state index contributed by atoms with van der Waals surface area (Å²) in [6, 6.07) is 12.9. The molecular formula is C19H20BrN3O5S. The molecule has 0 saturated carbocycles. The van der Waals surface area contributed by atoms with E-state index in [1.54, 1.807) is 53.4 Å². The van der Waals surface area contributed by atoms with Gasteiger partial charge in [0, 0.05) is 36.2 Å². The van der Waals surface area contributed by atoms with Gasteiger partial charge in [0.05, 0.1) is 4.90 Å². The molecule has 0 radical (unpaired) electrons. The number of halogens is 1. The van der Waals surface area contributed by atoms with Crippen LogP contribution in [0, 0.1) is 0 Å². The highest BCUT2D eigenvalue weighted by Gasteiger charge is 2.30. The number of rotatable bonds is 6. The van der Waals surface area contributed by atoms with Crippen molar-refractivity contribution in [2.24, 2.45) is 5.73 Å². The number of amides is 2. The molecular weight excluding hydrogens is 462 g/mol. The quantitative estimate of drug-likeness (QED) is 0.671. The molecule has 1 aliphatic heterocycles. The zero-order valence-corrected chi connectivity index (χ0v) is 17.9. The Kier molecular flexibility index (Phi) is 6.56. The van der Waals surface area contributed by atoms with E-state index in [-0.39, 0.29) is 30.5 Å². The van der Waals surface area contributed by atoms with Crippen molar-refractivity contribution in [2.45, 2.75) is 4.90 Å². The van der Waals surface area contributed by atoms with Crippen molar-refractivity contribution in [2.75, 3.05) is 32.8 Å². The summed E-state index contributed by atoms with van der Waals surface area (Å²) < 4.78 is 32.8. The Hall–Kier alpha value is -2.43. The number of nitrogens with two attached hydrogens (primary N) is 1. The van der Waals surface area contributed by atoms with Gasteiger partial charge in [-0.2, -0.15) is 4.31 Å². The lowest BCUT2D eigenvalue weighted by atomic mass is 10.2. The molecule has 2 amide bonds. The molecule has 2 aromatic rings. The maximum Gasteiger partial charge on any atom is 0.255 e. The SMILES string of the molecule is NC(=O)COc1ccc(C(=O)N2CCN(S(=O)(=O)c3cccc(Br)c3)CC2)cc1. The van der Waals surface area contributed by atoms with Crippen LogP contribution in [-0.2, 0) is 14.8 Å². The van der Waals surface area contributed by atoms with Crippen LogP contribution in [0.2, 0.25) is 0 Å². The van der Waals surface area contributed by atoms with Gasteiger partial charge in [-0.05, 0) is 42.5 Å². The predicted octanol–water partition coefficient (Wildman–Crippen LogP) is 1.46. The maximum atomic E-state index is 12.8. The van der Waals surface area contributed by atoms with Crippen molar-refractivity contribution < 1.29 is 22.7 Å². The number of piperazine rings is 1. The van der Waals surface area contributed by atoms with Gasteiger partial charge in [0.2, 0.25) is 10.0 Å². The Morgan fingerprint density at radius 3 is 2.28 bits per heavy atom. The van der Waals surface area contributed by atoms with Gasteiger partial charge in [0.15, 0.2) is 6.61 Å². The third-order valence-electron chi connectivity index (χ3n) is 4.44. The fourth-order valence-corrected chi connectivity index (χ4v) is 4.96. The van der Waals surface area contributed by atoms with Crippen LogP contribution in [0.3, 0.4) is 0 Å². The molecule has 10 heteroatoms. The average molecular weight is 482 g/mol. The van der Waals surface area contributed by atoms with Crippen molar-refractivity contribution in [3.05, 3.63) is 58.6 Å². The fraction of sp³-hybridized carbons (Fsp3) is 0.263. The van der Waals surface area contributed by atoms with Crippen LogP contribution in [0.5, 0.6) is 5.75 Å². The molecule has 1 heterocycles. The third-order valence-corrected chi connectivity index (χ3v) is 6.83. The van der Waals surface area contributed by atoms with E-state index in [0.29, 0.717) is 28.9 Å². The number of ether oxygens (including phenoxy) is 1. The summed E-state index contributed by atoms with van der Waals surface area (Å²) in [5.41, 5.74) is 5.49. The molecule has 29 heavy (non-hydrogen) atoms. The number of carbonyl (C=O) groups excluding carboxylic acids is 2. The van der Waals surface area contributed by atoms with Gasteiger partial charge in [-0.3, -0.25) is 9.59 Å². The van der Waals surface area contributed by atoms with Crippen LogP contribution in [0.25, 0.3) is 0 Å². The molecule has 3 rings (SSSR count). The third kappa shape index (κ3) is 5.14. The van der Waals surface area contributed by atoms with E-state index >= 15 is 0 Å². The average Bonchev–Trinajstić information content (AvgIpc) is 2.72. The minimum absolute atomic E-state index is 0.189. The zero-order chi connectivity index (χ0) is 21.0. The second-order valence-corrected chi connectivity index (χ2v) is 9.29. The molecule has 154 valence electrons. The number of hydrogen-bond acceptors (Lipinski definition) is 5. The van der Waals surface area contributed by atoms with Gasteiger partial charge in [0.25, 0.3) is 11.8 Å². The smallest absolute Gasteiger partial charge is 0.255 e. The number of nitrogens with zero attached hydrogens (tertiary/aromatic N) is 2. The summed E-state index contributed by atoms with van der Waals surface area (Å²) >= 11 is 3.29. The zero-order valence-electron chi connectivity index (χ0n) is 15.5. The number of primary amides is 1. The second kappa shape index (κ2) is 8.93. The minimum atomic E-state index is -3.61. The van der Waals surface area contributed by atoms with Crippen LogP contribution < -0.4 is 10.5 Å². The number of sulfonamides is 1. The Morgan fingerprint density at radius 2 is 1.69 bits per heavy atom. The summed E-state index contributed by atoms with van der Waals surface area (Å²) in [7, 11) is -3.61. The van der Waals surface area contributed by atoms with Gasteiger partial charge < -0.3 is 15.4 Å². The highest BCUT2D eigenvalue weighted by Crippen LogP contribution is 2.22. The first kappa shape index (κ1) is 21.3. The number of carbonyl (C=O) groups is 2. The van der Waals surface area contributed by atoms with E-state index in [4.69, 9.17) is 10.5 Å². The molecule has 1 aliphatic rings. The molecule has 0 unspecified atom stereocenters. The van der Waals surface area contributed by atoms with Crippen molar-refractivity contribution >= 4 is 37.8 Å². The Morgan fingerprint density at radius 1 is 1.03 bits per heavy atom. The van der Waals surface area contributed by atoms with E-state index in [0.717, 1.165) is 0 Å². The van der Waals surface area contributed by atoms with Crippen molar-refractivity contribution in [3.8, 4) is 5.75 Å². The highest BCUT2D eigenvalue weighted by molar-refractivity contribution is 9.10. The van der Waals surface area contributed by atoms with Crippen LogP contribution in [0.15, 0.2) is 57.9 Å². The largest absolute Gasteiger partial charge is 0.484 e. The molecule has 0 bridgehead atoms. The van der Waals surface area contributed by atoms with Gasteiger partial charge in [-0.15, -0.1) is 0 Å². The van der Waals surface area contributed by atoms with Gasteiger partial charge >= 0.3 is 0 Å². The van der Waals surface area contributed by atoms with Crippen LogP contribution >= 0.6 is 15.9 Å². The molecule has 8 nitrogen and oxygen atoms in total. The van der Waals surface area contributed by atoms with Gasteiger partial charge in [-0.1, -0.05) is 22.0 Å². The highest BCUT2D eigenvalue weighted by atomic mass is 79.9. The summed E-state index contributed by atoms with van der Waals surface area (Å²) in [6.07, 6.45) is 0. The van der Waals surface area contributed by atoms with Crippen LogP contribution in [-0.4, -0.2) is 62.2 Å². The molecule has 0 spiro atoms. The monoisotopic (exact) mass is 481 g/mol. The Balaban J connectivity index is 1.61. The first-order chi connectivity index (χ1) is 13.8. The van der Waals surface area contributed by atoms with Crippen LogP contribution in [0.1, 0.15) is 10.4 Å². The Labute approximate surface area is 177 Å². The van der Waals surface area contributed by atoms with Crippen LogP contribution in [0.4, 0.5) is 0 Å². The number of hydrogen-bond donors (Lipinski definition) is 1. The molecule has 1 fully saturated rings. The molecule has 1 saturated heterocycles. The topological polar surface area (TPSA) is 110 Å². The van der Waals surface area contributed by atoms with E-state index < -0.39 is 15.9 Å².